The van der Waals surface area contributed by atoms with Crippen LogP contribution in [0.15, 0.2) is 71.8 Å². The molecule has 0 aliphatic carbocycles. The molecule has 0 N–H and O–H groups in total. The molecule has 0 radical (unpaired) electrons. The van der Waals surface area contributed by atoms with Crippen LogP contribution in [0, 0.1) is 0 Å². The van der Waals surface area contributed by atoms with Gasteiger partial charge in [-0.05, 0) is 37.8 Å². The fraction of sp³-hybridized carbons (Fsp3) is 0.333. The summed E-state index contributed by atoms with van der Waals surface area (Å²) < 4.78 is 0. The fourth-order valence-electron chi connectivity index (χ4n) is 3.35. The molecule has 0 bridgehead atoms. The van der Waals surface area contributed by atoms with E-state index < -0.39 is 0 Å². The average Bonchev–Trinajstić information content (AvgIpc) is 2.56. The van der Waals surface area contributed by atoms with Gasteiger partial charge in [0.15, 0.2) is 0 Å². The molecule has 0 saturated carbocycles. The Balaban J connectivity index is 1.81. The zero-order valence-corrected chi connectivity index (χ0v) is 13.6. The van der Waals surface area contributed by atoms with Crippen LogP contribution in [0.1, 0.15) is 31.4 Å². The lowest BCUT2D eigenvalue weighted by Crippen LogP contribution is -2.41. The largest absolute Gasteiger partial charge is 0.292 e. The van der Waals surface area contributed by atoms with Gasteiger partial charge in [0.1, 0.15) is 0 Å². The molecule has 0 aromatic heterocycles. The highest BCUT2D eigenvalue weighted by molar-refractivity contribution is 5.26. The minimum Gasteiger partial charge on any atom is -0.292 e. The highest BCUT2D eigenvalue weighted by atomic mass is 15.2. The van der Waals surface area contributed by atoms with Crippen LogP contribution in [-0.2, 0) is 13.0 Å². The molecule has 2 aromatic rings. The van der Waals surface area contributed by atoms with E-state index in [1.54, 1.807) is 11.1 Å². The first-order chi connectivity index (χ1) is 10.7. The third kappa shape index (κ3) is 3.48. The zero-order valence-electron chi connectivity index (χ0n) is 13.6. The van der Waals surface area contributed by atoms with E-state index in [4.69, 9.17) is 0 Å². The van der Waals surface area contributed by atoms with Gasteiger partial charge in [-0.3, -0.25) is 4.90 Å². The first-order valence-corrected chi connectivity index (χ1v) is 8.22. The summed E-state index contributed by atoms with van der Waals surface area (Å²) in [6, 6.07) is 22.2. The summed E-state index contributed by atoms with van der Waals surface area (Å²) in [5, 5.41) is 0. The van der Waals surface area contributed by atoms with Crippen LogP contribution in [0.3, 0.4) is 0 Å². The van der Waals surface area contributed by atoms with Gasteiger partial charge in [0.25, 0.3) is 0 Å². The standard InChI is InChI=1S/C21H25N/c1-17-13-14-22(16-20-11-7-4-8-12-20)21(18(17)2)15-19-9-5-3-6-10-19/h3-12,21H,13-16H2,1-2H3. The van der Waals surface area contributed by atoms with E-state index in [2.05, 4.69) is 79.4 Å². The van der Waals surface area contributed by atoms with Crippen molar-refractivity contribution in [2.75, 3.05) is 6.54 Å². The van der Waals surface area contributed by atoms with E-state index in [-0.39, 0.29) is 0 Å². The second-order valence-electron chi connectivity index (χ2n) is 6.37. The minimum absolute atomic E-state index is 0.524. The predicted octanol–water partition coefficient (Wildman–Crippen LogP) is 4.84. The monoisotopic (exact) mass is 291 g/mol. The maximum Gasteiger partial charge on any atom is 0.0351 e. The molecule has 0 amide bonds. The lowest BCUT2D eigenvalue weighted by atomic mass is 9.90. The third-order valence-electron chi connectivity index (χ3n) is 4.89. The number of rotatable bonds is 4. The van der Waals surface area contributed by atoms with E-state index >= 15 is 0 Å². The van der Waals surface area contributed by atoms with Gasteiger partial charge >= 0.3 is 0 Å². The maximum absolute atomic E-state index is 2.64. The van der Waals surface area contributed by atoms with Gasteiger partial charge in [0.2, 0.25) is 0 Å². The fourth-order valence-corrected chi connectivity index (χ4v) is 3.35. The van der Waals surface area contributed by atoms with Crippen molar-refractivity contribution in [3.8, 4) is 0 Å². The molecule has 1 aliphatic heterocycles. The first kappa shape index (κ1) is 15.1. The second-order valence-corrected chi connectivity index (χ2v) is 6.37. The Morgan fingerprint density at radius 1 is 0.864 bits per heavy atom. The average molecular weight is 291 g/mol. The van der Waals surface area contributed by atoms with E-state index in [1.807, 2.05) is 0 Å². The molecule has 3 rings (SSSR count). The Morgan fingerprint density at radius 2 is 1.45 bits per heavy atom. The number of hydrogen-bond donors (Lipinski definition) is 0. The second kappa shape index (κ2) is 6.93. The van der Waals surface area contributed by atoms with Crippen LogP contribution in [-0.4, -0.2) is 17.5 Å². The van der Waals surface area contributed by atoms with Gasteiger partial charge in [-0.25, -0.2) is 0 Å². The van der Waals surface area contributed by atoms with Gasteiger partial charge in [-0.2, -0.15) is 0 Å². The lowest BCUT2D eigenvalue weighted by Gasteiger charge is -2.37. The van der Waals surface area contributed by atoms with Crippen LogP contribution in [0.5, 0.6) is 0 Å². The van der Waals surface area contributed by atoms with Crippen molar-refractivity contribution in [1.29, 1.82) is 0 Å². The molecule has 2 aromatic carbocycles. The quantitative estimate of drug-likeness (QED) is 0.729. The Labute approximate surface area is 134 Å². The summed E-state index contributed by atoms with van der Waals surface area (Å²) in [4.78, 5) is 2.64. The summed E-state index contributed by atoms with van der Waals surface area (Å²) in [5.41, 5.74) is 5.98. The predicted molar refractivity (Wildman–Crippen MR) is 93.8 cm³/mol. The van der Waals surface area contributed by atoms with Crippen molar-refractivity contribution in [2.45, 2.75) is 39.3 Å². The molecule has 1 heteroatoms. The lowest BCUT2D eigenvalue weighted by molar-refractivity contribution is 0.198. The van der Waals surface area contributed by atoms with E-state index in [0.29, 0.717) is 6.04 Å². The first-order valence-electron chi connectivity index (χ1n) is 8.22. The molecule has 1 unspecified atom stereocenters. The topological polar surface area (TPSA) is 3.24 Å². The van der Waals surface area contributed by atoms with Gasteiger partial charge in [-0.1, -0.05) is 71.8 Å². The van der Waals surface area contributed by atoms with Crippen molar-refractivity contribution in [3.05, 3.63) is 82.9 Å². The van der Waals surface area contributed by atoms with Crippen LogP contribution < -0.4 is 0 Å². The van der Waals surface area contributed by atoms with Crippen LogP contribution in [0.2, 0.25) is 0 Å². The summed E-state index contributed by atoms with van der Waals surface area (Å²) in [7, 11) is 0. The molecule has 1 heterocycles. The highest BCUT2D eigenvalue weighted by Crippen LogP contribution is 2.27. The van der Waals surface area contributed by atoms with E-state index in [0.717, 1.165) is 19.5 Å². The van der Waals surface area contributed by atoms with Crippen LogP contribution >= 0.6 is 0 Å². The molecule has 1 aliphatic rings. The molecule has 114 valence electrons. The Bertz CT molecular complexity index is 627. The molecular weight excluding hydrogens is 266 g/mol. The molecule has 22 heavy (non-hydrogen) atoms. The third-order valence-corrected chi connectivity index (χ3v) is 4.89. The van der Waals surface area contributed by atoms with E-state index in [9.17, 15) is 0 Å². The Kier molecular flexibility index (Phi) is 4.74. The molecular formula is C21H25N. The smallest absolute Gasteiger partial charge is 0.0351 e. The Morgan fingerprint density at radius 3 is 2.09 bits per heavy atom. The van der Waals surface area contributed by atoms with Gasteiger partial charge < -0.3 is 0 Å². The van der Waals surface area contributed by atoms with Crippen molar-refractivity contribution < 1.29 is 0 Å². The summed E-state index contributed by atoms with van der Waals surface area (Å²) in [6.07, 6.45) is 2.31. The minimum atomic E-state index is 0.524. The van der Waals surface area contributed by atoms with Crippen molar-refractivity contribution in [2.24, 2.45) is 0 Å². The number of hydrogen-bond acceptors (Lipinski definition) is 1. The van der Waals surface area contributed by atoms with E-state index in [1.165, 1.54) is 17.5 Å². The summed E-state index contributed by atoms with van der Waals surface area (Å²) in [5.74, 6) is 0. The molecule has 0 fully saturated rings. The molecule has 0 saturated heterocycles. The van der Waals surface area contributed by atoms with Crippen LogP contribution in [0.4, 0.5) is 0 Å². The Hall–Kier alpha value is -1.86. The SMILES string of the molecule is CC1=C(C)C(Cc2ccccc2)N(Cc2ccccc2)CC1. The van der Waals surface area contributed by atoms with Gasteiger partial charge in [0, 0.05) is 19.1 Å². The van der Waals surface area contributed by atoms with Crippen molar-refractivity contribution in [3.63, 3.8) is 0 Å². The van der Waals surface area contributed by atoms with Gasteiger partial charge in [0.05, 0.1) is 0 Å². The number of nitrogens with zero attached hydrogens (tertiary/aromatic N) is 1. The molecule has 0 spiro atoms. The number of benzene rings is 2. The molecule has 1 atom stereocenters. The zero-order chi connectivity index (χ0) is 15.4. The summed E-state index contributed by atoms with van der Waals surface area (Å²) in [6.45, 7) is 6.83. The molecule has 1 nitrogen and oxygen atoms in total. The van der Waals surface area contributed by atoms with Crippen molar-refractivity contribution >= 4 is 0 Å². The highest BCUT2D eigenvalue weighted by Gasteiger charge is 2.25. The van der Waals surface area contributed by atoms with Gasteiger partial charge in [-0.15, -0.1) is 0 Å². The van der Waals surface area contributed by atoms with Crippen LogP contribution in [0.25, 0.3) is 0 Å². The summed E-state index contributed by atoms with van der Waals surface area (Å²) >= 11 is 0. The normalized spacial score (nSPS) is 19.5. The van der Waals surface area contributed by atoms with Crippen molar-refractivity contribution in [1.82, 2.24) is 4.90 Å². The maximum atomic E-state index is 2.64.